The maximum Gasteiger partial charge on any atom is 0.416 e. The maximum absolute atomic E-state index is 13.3. The lowest BCUT2D eigenvalue weighted by molar-refractivity contribution is -0.138. The summed E-state index contributed by atoms with van der Waals surface area (Å²) in [4.78, 5) is 3.69. The van der Waals surface area contributed by atoms with Crippen LogP contribution in [0.4, 0.5) is 26.3 Å². The van der Waals surface area contributed by atoms with Gasteiger partial charge in [0.15, 0.2) is 5.96 Å². The molecular weight excluding hydrogens is 491 g/mol. The van der Waals surface area contributed by atoms with Crippen LogP contribution >= 0.6 is 24.0 Å². The summed E-state index contributed by atoms with van der Waals surface area (Å²) in [6.45, 7) is 2.69. The molecule has 27 heavy (non-hydrogen) atoms. The number of guanidine groups is 1. The number of nitrogens with zero attached hydrogens (tertiary/aromatic N) is 1. The third-order valence-electron chi connectivity index (χ3n) is 3.13. The largest absolute Gasteiger partial charge is 0.491 e. The van der Waals surface area contributed by atoms with Gasteiger partial charge in [0, 0.05) is 20.1 Å². The summed E-state index contributed by atoms with van der Waals surface area (Å²) in [6, 6.07) is 3.57. The molecule has 0 bridgehead atoms. The summed E-state index contributed by atoms with van der Waals surface area (Å²) >= 11 is 0. The van der Waals surface area contributed by atoms with E-state index in [1.54, 1.807) is 13.8 Å². The summed E-state index contributed by atoms with van der Waals surface area (Å²) in [5.74, 6) is 0.0636. The molecule has 0 radical (unpaired) electrons. The maximum atomic E-state index is 13.3. The van der Waals surface area contributed by atoms with Crippen molar-refractivity contribution in [1.29, 1.82) is 0 Å². The van der Waals surface area contributed by atoms with Gasteiger partial charge in [0.25, 0.3) is 0 Å². The number of nitrogens with one attached hydrogen (secondary N) is 2. The fourth-order valence-electron chi connectivity index (χ4n) is 2.04. The minimum atomic E-state index is -4.60. The van der Waals surface area contributed by atoms with Crippen LogP contribution in [0, 0.1) is 0 Å². The average Bonchev–Trinajstić information content (AvgIpc) is 2.48. The van der Waals surface area contributed by atoms with Crippen molar-refractivity contribution in [1.82, 2.24) is 10.6 Å². The summed E-state index contributed by atoms with van der Waals surface area (Å²) in [6.07, 6.45) is -10.3. The number of halogens is 7. The van der Waals surface area contributed by atoms with Crippen LogP contribution in [0.25, 0.3) is 0 Å². The summed E-state index contributed by atoms with van der Waals surface area (Å²) < 4.78 is 81.4. The van der Waals surface area contributed by atoms with Gasteiger partial charge < -0.3 is 15.4 Å². The average molecular weight is 513 g/mol. The Kier molecular flexibility index (Phi) is 10.3. The van der Waals surface area contributed by atoms with Gasteiger partial charge in [-0.05, 0) is 31.5 Å². The molecule has 0 unspecified atom stereocenters. The van der Waals surface area contributed by atoms with E-state index in [1.807, 2.05) is 0 Å². The predicted molar refractivity (Wildman–Crippen MR) is 101 cm³/mol. The van der Waals surface area contributed by atoms with Crippen LogP contribution in [-0.4, -0.2) is 31.8 Å². The van der Waals surface area contributed by atoms with E-state index in [-0.39, 0.29) is 53.9 Å². The Morgan fingerprint density at radius 1 is 1.11 bits per heavy atom. The van der Waals surface area contributed by atoms with Gasteiger partial charge in [0.05, 0.1) is 18.1 Å². The smallest absolute Gasteiger partial charge is 0.416 e. The molecule has 1 aromatic carbocycles. The van der Waals surface area contributed by atoms with Gasteiger partial charge in [-0.15, -0.1) is 24.0 Å². The highest BCUT2D eigenvalue weighted by Crippen LogP contribution is 2.34. The molecular formula is C16H22F6IN3O. The highest BCUT2D eigenvalue weighted by molar-refractivity contribution is 14.0. The van der Waals surface area contributed by atoms with Crippen molar-refractivity contribution in [3.8, 4) is 5.75 Å². The standard InChI is InChI=1S/C16H21F6N3O.HI/c1-10(2)26-12-5-4-11(13(8-12)16(20,21)22)9-25-14(23-3)24-7-6-15(17,18)19;/h4-5,8,10H,6-7,9H2,1-3H3,(H2,23,24,25);1H. The highest BCUT2D eigenvalue weighted by atomic mass is 127. The van der Waals surface area contributed by atoms with E-state index >= 15 is 0 Å². The Balaban J connectivity index is 0.00000676. The van der Waals surface area contributed by atoms with Crippen molar-refractivity contribution in [3.05, 3.63) is 29.3 Å². The van der Waals surface area contributed by atoms with Gasteiger partial charge in [-0.2, -0.15) is 26.3 Å². The molecule has 0 aliphatic carbocycles. The fraction of sp³-hybridized carbons (Fsp3) is 0.562. The van der Waals surface area contributed by atoms with Crippen molar-refractivity contribution in [2.45, 2.75) is 45.3 Å². The molecule has 0 aromatic heterocycles. The van der Waals surface area contributed by atoms with Gasteiger partial charge in [-0.3, -0.25) is 4.99 Å². The molecule has 2 N–H and O–H groups in total. The molecule has 0 saturated heterocycles. The van der Waals surface area contributed by atoms with Crippen LogP contribution in [0.15, 0.2) is 23.2 Å². The fourth-order valence-corrected chi connectivity index (χ4v) is 2.04. The molecule has 0 fully saturated rings. The number of alkyl halides is 6. The summed E-state index contributed by atoms with van der Waals surface area (Å²) in [5.41, 5.74) is -0.957. The molecule has 0 heterocycles. The zero-order valence-corrected chi connectivity index (χ0v) is 17.3. The van der Waals surface area contributed by atoms with Crippen LogP contribution in [0.3, 0.4) is 0 Å². The van der Waals surface area contributed by atoms with Crippen LogP contribution in [0.2, 0.25) is 0 Å². The van der Waals surface area contributed by atoms with E-state index in [4.69, 9.17) is 4.74 Å². The van der Waals surface area contributed by atoms with Gasteiger partial charge in [0.1, 0.15) is 5.75 Å². The van der Waals surface area contributed by atoms with Crippen molar-refractivity contribution < 1.29 is 31.1 Å². The molecule has 0 aliphatic rings. The van der Waals surface area contributed by atoms with Crippen molar-refractivity contribution >= 4 is 29.9 Å². The first-order valence-corrected chi connectivity index (χ1v) is 7.80. The van der Waals surface area contributed by atoms with Crippen molar-refractivity contribution in [3.63, 3.8) is 0 Å². The van der Waals surface area contributed by atoms with Crippen molar-refractivity contribution in [2.75, 3.05) is 13.6 Å². The zero-order valence-electron chi connectivity index (χ0n) is 15.0. The minimum Gasteiger partial charge on any atom is -0.491 e. The highest BCUT2D eigenvalue weighted by Gasteiger charge is 2.34. The third kappa shape index (κ3) is 9.91. The number of ether oxygens (including phenoxy) is 1. The Bertz CT molecular complexity index is 617. The number of hydrogen-bond acceptors (Lipinski definition) is 2. The molecule has 156 valence electrons. The number of aliphatic imine (C=N–C) groups is 1. The van der Waals surface area contributed by atoms with Gasteiger partial charge in [-0.1, -0.05) is 6.07 Å². The predicted octanol–water partition coefficient (Wildman–Crippen LogP) is 4.73. The Morgan fingerprint density at radius 3 is 2.22 bits per heavy atom. The normalized spacial score (nSPS) is 12.6. The minimum absolute atomic E-state index is 0. The van der Waals surface area contributed by atoms with E-state index < -0.39 is 30.9 Å². The lowest BCUT2D eigenvalue weighted by Gasteiger charge is -2.18. The zero-order chi connectivity index (χ0) is 20.0. The second kappa shape index (κ2) is 10.8. The molecule has 0 atom stereocenters. The molecule has 4 nitrogen and oxygen atoms in total. The van der Waals surface area contributed by atoms with Crippen LogP contribution in [0.5, 0.6) is 5.75 Å². The first kappa shape index (κ1) is 25.6. The van der Waals surface area contributed by atoms with Crippen LogP contribution < -0.4 is 15.4 Å². The molecule has 0 saturated carbocycles. The van der Waals surface area contributed by atoms with Crippen LogP contribution in [-0.2, 0) is 12.7 Å². The first-order valence-electron chi connectivity index (χ1n) is 7.80. The van der Waals surface area contributed by atoms with E-state index in [9.17, 15) is 26.3 Å². The summed E-state index contributed by atoms with van der Waals surface area (Å²) in [7, 11) is 1.31. The van der Waals surface area contributed by atoms with Crippen LogP contribution in [0.1, 0.15) is 31.4 Å². The molecule has 0 spiro atoms. The van der Waals surface area contributed by atoms with Gasteiger partial charge in [-0.25, -0.2) is 0 Å². The second-order valence-corrected chi connectivity index (χ2v) is 5.70. The van der Waals surface area contributed by atoms with Gasteiger partial charge >= 0.3 is 12.4 Å². The number of rotatable bonds is 6. The van der Waals surface area contributed by atoms with E-state index in [0.717, 1.165) is 6.07 Å². The molecule has 1 rings (SSSR count). The van der Waals surface area contributed by atoms with E-state index in [2.05, 4.69) is 15.6 Å². The molecule has 11 heteroatoms. The lowest BCUT2D eigenvalue weighted by atomic mass is 10.1. The Labute approximate surface area is 170 Å². The monoisotopic (exact) mass is 513 g/mol. The van der Waals surface area contributed by atoms with Crippen molar-refractivity contribution in [2.24, 2.45) is 4.99 Å². The number of benzene rings is 1. The lowest BCUT2D eigenvalue weighted by Crippen LogP contribution is -2.38. The number of hydrogen-bond donors (Lipinski definition) is 2. The molecule has 0 amide bonds. The third-order valence-corrected chi connectivity index (χ3v) is 3.13. The second-order valence-electron chi connectivity index (χ2n) is 5.70. The Hall–Kier alpha value is -1.40. The molecule has 1 aromatic rings. The SMILES string of the molecule is CN=C(NCCC(F)(F)F)NCc1ccc(OC(C)C)cc1C(F)(F)F.I. The molecule has 0 aliphatic heterocycles. The van der Waals surface area contributed by atoms with E-state index in [0.29, 0.717) is 0 Å². The first-order chi connectivity index (χ1) is 11.9. The quantitative estimate of drug-likeness (QED) is 0.251. The summed E-state index contributed by atoms with van der Waals surface area (Å²) in [5, 5.41) is 4.98. The van der Waals surface area contributed by atoms with E-state index in [1.165, 1.54) is 19.2 Å². The Morgan fingerprint density at radius 2 is 1.74 bits per heavy atom. The topological polar surface area (TPSA) is 45.7 Å². The van der Waals surface area contributed by atoms with Gasteiger partial charge in [0.2, 0.25) is 0 Å².